The van der Waals surface area contributed by atoms with Gasteiger partial charge in [-0.25, -0.2) is 0 Å². The molecule has 0 saturated heterocycles. The van der Waals surface area contributed by atoms with E-state index in [0.717, 1.165) is 16.5 Å². The molecule has 0 spiro atoms. The van der Waals surface area contributed by atoms with Crippen LogP contribution < -0.4 is 20.9 Å². The van der Waals surface area contributed by atoms with Gasteiger partial charge in [0.2, 0.25) is 5.91 Å². The van der Waals surface area contributed by atoms with Gasteiger partial charge in [-0.3, -0.25) is 25.2 Å². The molecule has 9 heteroatoms. The largest absolute Gasteiger partial charge is 0.497 e. The van der Waals surface area contributed by atoms with Crippen molar-refractivity contribution in [3.05, 3.63) is 65.9 Å². The summed E-state index contributed by atoms with van der Waals surface area (Å²) in [4.78, 5) is 40.7. The van der Waals surface area contributed by atoms with Crippen LogP contribution in [0, 0.1) is 0 Å². The molecule has 0 aliphatic heterocycles. The number of hydrogen-bond donors (Lipinski definition) is 4. The summed E-state index contributed by atoms with van der Waals surface area (Å²) in [5.41, 5.74) is 7.07. The first-order chi connectivity index (χ1) is 15.5. The van der Waals surface area contributed by atoms with Crippen LogP contribution in [0.3, 0.4) is 0 Å². The molecule has 32 heavy (non-hydrogen) atoms. The van der Waals surface area contributed by atoms with Crippen LogP contribution in [-0.2, 0) is 16.0 Å². The minimum Gasteiger partial charge on any atom is -0.497 e. The molecule has 4 N–H and O–H groups in total. The summed E-state index contributed by atoms with van der Waals surface area (Å²) in [6.07, 6.45) is 4.23. The van der Waals surface area contributed by atoms with Crippen molar-refractivity contribution in [1.29, 1.82) is 0 Å². The Morgan fingerprint density at radius 3 is 2.53 bits per heavy atom. The quantitative estimate of drug-likeness (QED) is 0.371. The molecule has 168 valence electrons. The summed E-state index contributed by atoms with van der Waals surface area (Å²) >= 11 is 1.56. The maximum Gasteiger partial charge on any atom is 0.260 e. The van der Waals surface area contributed by atoms with Crippen LogP contribution in [0.2, 0.25) is 0 Å². The number of benzene rings is 2. The second-order valence-corrected chi connectivity index (χ2v) is 8.10. The molecular formula is C23H26N4O4S. The molecule has 3 aromatic rings. The zero-order valence-corrected chi connectivity index (χ0v) is 18.8. The predicted octanol–water partition coefficient (Wildman–Crippen LogP) is 2.42. The molecule has 0 saturated carbocycles. The van der Waals surface area contributed by atoms with E-state index < -0.39 is 11.9 Å². The molecule has 8 nitrogen and oxygen atoms in total. The topological polar surface area (TPSA) is 112 Å². The summed E-state index contributed by atoms with van der Waals surface area (Å²) in [5, 5.41) is 3.69. The summed E-state index contributed by atoms with van der Waals surface area (Å²) in [6, 6.07) is 13.5. The van der Waals surface area contributed by atoms with E-state index in [-0.39, 0.29) is 18.2 Å². The van der Waals surface area contributed by atoms with E-state index in [1.807, 2.05) is 30.5 Å². The number of aromatic nitrogens is 1. The average molecular weight is 455 g/mol. The summed E-state index contributed by atoms with van der Waals surface area (Å²) in [5.74, 6) is 0.0983. The van der Waals surface area contributed by atoms with Gasteiger partial charge in [0.15, 0.2) is 0 Å². The number of aromatic amines is 1. The van der Waals surface area contributed by atoms with E-state index in [2.05, 4.69) is 21.2 Å². The Bertz CT molecular complexity index is 1080. The van der Waals surface area contributed by atoms with Crippen LogP contribution in [0.4, 0.5) is 0 Å². The van der Waals surface area contributed by atoms with Crippen LogP contribution in [0.15, 0.2) is 54.7 Å². The van der Waals surface area contributed by atoms with E-state index in [4.69, 9.17) is 4.74 Å². The van der Waals surface area contributed by atoms with Gasteiger partial charge < -0.3 is 15.0 Å². The number of amides is 3. The SMILES string of the molecule is COc1ccc(C(=O)N[C@H](CCSC)C(=O)NNC(=O)Cc2c[nH]c3ccccc23)cc1. The monoisotopic (exact) mass is 454 g/mol. The molecule has 3 rings (SSSR count). The molecule has 0 fully saturated rings. The number of carbonyl (C=O) groups is 3. The molecule has 1 heterocycles. The Kier molecular flexibility index (Phi) is 8.15. The molecule has 0 aliphatic carbocycles. The highest BCUT2D eigenvalue weighted by Crippen LogP contribution is 2.18. The van der Waals surface area contributed by atoms with Gasteiger partial charge in [-0.1, -0.05) is 18.2 Å². The number of carbonyl (C=O) groups excluding carboxylic acids is 3. The number of fused-ring (bicyclic) bond motifs is 1. The van der Waals surface area contributed by atoms with E-state index >= 15 is 0 Å². The third-order valence-electron chi connectivity index (χ3n) is 4.94. The first kappa shape index (κ1) is 23.2. The van der Waals surface area contributed by atoms with Gasteiger partial charge in [-0.05, 0) is 54.3 Å². The minimum atomic E-state index is -0.787. The standard InChI is InChI=1S/C23H26N4O4S/c1-31-17-9-7-15(8-10-17)22(29)25-20(11-12-32-2)23(30)27-26-21(28)13-16-14-24-19-6-4-3-5-18(16)19/h3-10,14,20,24H,11-13H2,1-2H3,(H,25,29)(H,26,28)(H,27,30)/t20-/m1/s1. The maximum absolute atomic E-state index is 12.7. The summed E-state index contributed by atoms with van der Waals surface area (Å²) in [6.45, 7) is 0. The number of hydrogen-bond acceptors (Lipinski definition) is 5. The van der Waals surface area contributed by atoms with Gasteiger partial charge in [0, 0.05) is 22.7 Å². The van der Waals surface area contributed by atoms with Gasteiger partial charge >= 0.3 is 0 Å². The first-order valence-corrected chi connectivity index (χ1v) is 11.5. The Morgan fingerprint density at radius 2 is 1.81 bits per heavy atom. The lowest BCUT2D eigenvalue weighted by Crippen LogP contribution is -2.52. The Hall–Kier alpha value is -3.46. The van der Waals surface area contributed by atoms with E-state index in [0.29, 0.717) is 23.5 Å². The van der Waals surface area contributed by atoms with Crippen molar-refractivity contribution < 1.29 is 19.1 Å². The fourth-order valence-electron chi connectivity index (χ4n) is 3.20. The van der Waals surface area contributed by atoms with Crippen LogP contribution >= 0.6 is 11.8 Å². The Labute approximate surface area is 190 Å². The smallest absolute Gasteiger partial charge is 0.260 e. The van der Waals surface area contributed by atoms with Gasteiger partial charge in [-0.15, -0.1) is 0 Å². The van der Waals surface area contributed by atoms with Crippen molar-refractivity contribution in [3.8, 4) is 5.75 Å². The van der Waals surface area contributed by atoms with Gasteiger partial charge in [0.05, 0.1) is 13.5 Å². The predicted molar refractivity (Wildman–Crippen MR) is 126 cm³/mol. The van der Waals surface area contributed by atoms with Crippen molar-refractivity contribution >= 4 is 40.4 Å². The lowest BCUT2D eigenvalue weighted by Gasteiger charge is -2.18. The van der Waals surface area contributed by atoms with Crippen molar-refractivity contribution in [2.75, 3.05) is 19.1 Å². The summed E-state index contributed by atoms with van der Waals surface area (Å²) in [7, 11) is 1.55. The first-order valence-electron chi connectivity index (χ1n) is 10.1. The van der Waals surface area contributed by atoms with E-state index in [1.165, 1.54) is 0 Å². The van der Waals surface area contributed by atoms with Crippen LogP contribution in [0.1, 0.15) is 22.3 Å². The molecule has 1 aromatic heterocycles. The molecule has 1 atom stereocenters. The molecule has 0 aliphatic rings. The number of ether oxygens (including phenoxy) is 1. The van der Waals surface area contributed by atoms with E-state index in [9.17, 15) is 14.4 Å². The number of rotatable bonds is 9. The lowest BCUT2D eigenvalue weighted by molar-refractivity contribution is -0.129. The number of thioether (sulfide) groups is 1. The Balaban J connectivity index is 1.57. The van der Waals surface area contributed by atoms with Crippen LogP contribution in [-0.4, -0.2) is 47.9 Å². The van der Waals surface area contributed by atoms with Crippen molar-refractivity contribution in [2.45, 2.75) is 18.9 Å². The zero-order valence-electron chi connectivity index (χ0n) is 17.9. The van der Waals surface area contributed by atoms with Gasteiger partial charge in [0.1, 0.15) is 11.8 Å². The van der Waals surface area contributed by atoms with Crippen molar-refractivity contribution in [3.63, 3.8) is 0 Å². The number of methoxy groups -OCH3 is 1. The second kappa shape index (κ2) is 11.2. The van der Waals surface area contributed by atoms with Gasteiger partial charge in [0.25, 0.3) is 11.8 Å². The molecule has 0 radical (unpaired) electrons. The minimum absolute atomic E-state index is 0.109. The normalized spacial score (nSPS) is 11.6. The maximum atomic E-state index is 12.7. The number of H-pyrrole nitrogens is 1. The van der Waals surface area contributed by atoms with Crippen LogP contribution in [0.25, 0.3) is 10.9 Å². The summed E-state index contributed by atoms with van der Waals surface area (Å²) < 4.78 is 5.10. The molecule has 0 unspecified atom stereocenters. The van der Waals surface area contributed by atoms with Crippen LogP contribution in [0.5, 0.6) is 5.75 Å². The Morgan fingerprint density at radius 1 is 1.06 bits per heavy atom. The molecule has 0 bridgehead atoms. The fourth-order valence-corrected chi connectivity index (χ4v) is 3.67. The number of para-hydroxylation sites is 1. The van der Waals surface area contributed by atoms with E-state index in [1.54, 1.807) is 49.3 Å². The van der Waals surface area contributed by atoms with Gasteiger partial charge in [-0.2, -0.15) is 11.8 Å². The second-order valence-electron chi connectivity index (χ2n) is 7.11. The highest BCUT2D eigenvalue weighted by molar-refractivity contribution is 7.98. The zero-order chi connectivity index (χ0) is 22.9. The molecule has 3 amide bonds. The third kappa shape index (κ3) is 6.04. The molecule has 2 aromatic carbocycles. The lowest BCUT2D eigenvalue weighted by atomic mass is 10.1. The molecular weight excluding hydrogens is 428 g/mol. The fraction of sp³-hybridized carbons (Fsp3) is 0.261. The average Bonchev–Trinajstić information content (AvgIpc) is 3.22. The highest BCUT2D eigenvalue weighted by atomic mass is 32.2. The van der Waals surface area contributed by atoms with Crippen molar-refractivity contribution in [2.24, 2.45) is 0 Å². The number of hydrazine groups is 1. The third-order valence-corrected chi connectivity index (χ3v) is 5.58. The highest BCUT2D eigenvalue weighted by Gasteiger charge is 2.22. The number of nitrogens with one attached hydrogen (secondary N) is 4. The van der Waals surface area contributed by atoms with Crippen molar-refractivity contribution in [1.82, 2.24) is 21.2 Å².